The van der Waals surface area contributed by atoms with E-state index in [1.54, 1.807) is 27.8 Å². The molecule has 2 aromatic carbocycles. The Labute approximate surface area is 326 Å². The van der Waals surface area contributed by atoms with Crippen LogP contribution in [0.2, 0.25) is 0 Å². The molecule has 1 aliphatic heterocycles. The summed E-state index contributed by atoms with van der Waals surface area (Å²) in [5.74, 6) is -2.94. The summed E-state index contributed by atoms with van der Waals surface area (Å²) in [6.07, 6.45) is 1.13. The van der Waals surface area contributed by atoms with E-state index in [2.05, 4.69) is 21.3 Å². The van der Waals surface area contributed by atoms with Gasteiger partial charge in [0.2, 0.25) is 29.5 Å². The van der Waals surface area contributed by atoms with E-state index >= 15 is 0 Å². The summed E-state index contributed by atoms with van der Waals surface area (Å²) in [7, 11) is 3.07. The van der Waals surface area contributed by atoms with Crippen molar-refractivity contribution in [3.63, 3.8) is 0 Å². The van der Waals surface area contributed by atoms with Gasteiger partial charge in [-0.25, -0.2) is 4.79 Å². The lowest BCUT2D eigenvalue weighted by atomic mass is 9.97. The molecule has 0 aromatic heterocycles. The third-order valence-corrected chi connectivity index (χ3v) is 9.55. The fourth-order valence-electron chi connectivity index (χ4n) is 6.50. The molecule has 6 amide bonds. The molecule has 5 atom stereocenters. The SMILES string of the molecule is CC(C)C[C@H]1C(=O)N[C@@H](CCCCNC(=O)OC(C)(C)C)C(=O)N[C@@H](Cc2ccccc2)C(=O)N(C)[C@H](Cc2ccccc2)C(=O)N[C@@H](C(C)C)C(=O)N1C. The van der Waals surface area contributed by atoms with Crippen molar-refractivity contribution in [3.05, 3.63) is 71.8 Å². The Hall–Kier alpha value is -4.94. The molecule has 1 saturated heterocycles. The molecule has 0 aliphatic carbocycles. The monoisotopic (exact) mass is 762 g/mol. The van der Waals surface area contributed by atoms with E-state index in [9.17, 15) is 28.8 Å². The second kappa shape index (κ2) is 20.7. The van der Waals surface area contributed by atoms with Crippen LogP contribution in [0.3, 0.4) is 0 Å². The third kappa shape index (κ3) is 14.0. The average Bonchev–Trinajstić information content (AvgIpc) is 3.12. The molecular formula is C42H62N6O7. The number of carbonyl (C=O) groups is 6. The van der Waals surface area contributed by atoms with E-state index in [1.165, 1.54) is 16.8 Å². The fraction of sp³-hybridized carbons (Fsp3) is 0.571. The van der Waals surface area contributed by atoms with Crippen molar-refractivity contribution < 1.29 is 33.5 Å². The zero-order valence-electron chi connectivity index (χ0n) is 34.0. The van der Waals surface area contributed by atoms with Crippen LogP contribution in [0, 0.1) is 11.8 Å². The predicted molar refractivity (Wildman–Crippen MR) is 212 cm³/mol. The highest BCUT2D eigenvalue weighted by Gasteiger charge is 2.39. The Morgan fingerprint density at radius 2 is 1.24 bits per heavy atom. The number of nitrogens with one attached hydrogen (secondary N) is 4. The molecule has 1 aliphatic rings. The summed E-state index contributed by atoms with van der Waals surface area (Å²) in [5, 5.41) is 11.5. The van der Waals surface area contributed by atoms with Gasteiger partial charge in [0.15, 0.2) is 0 Å². The highest BCUT2D eigenvalue weighted by atomic mass is 16.6. The molecule has 0 saturated carbocycles. The molecule has 0 radical (unpaired) electrons. The lowest BCUT2D eigenvalue weighted by Gasteiger charge is -2.35. The van der Waals surface area contributed by atoms with Crippen LogP contribution >= 0.6 is 0 Å². The van der Waals surface area contributed by atoms with Gasteiger partial charge in [-0.05, 0) is 69.4 Å². The van der Waals surface area contributed by atoms with E-state index in [-0.39, 0.29) is 37.6 Å². The van der Waals surface area contributed by atoms with Crippen molar-refractivity contribution in [2.75, 3.05) is 20.6 Å². The van der Waals surface area contributed by atoms with Gasteiger partial charge in [0.1, 0.15) is 35.8 Å². The number of hydrogen-bond donors (Lipinski definition) is 4. The maximum Gasteiger partial charge on any atom is 0.407 e. The second-order valence-corrected chi connectivity index (χ2v) is 16.2. The summed E-state index contributed by atoms with van der Waals surface area (Å²) >= 11 is 0. The Morgan fingerprint density at radius 1 is 0.709 bits per heavy atom. The van der Waals surface area contributed by atoms with Crippen LogP contribution in [0.1, 0.15) is 85.3 Å². The normalized spacial score (nSPS) is 22.1. The molecule has 1 heterocycles. The molecule has 2 aromatic rings. The zero-order chi connectivity index (χ0) is 40.9. The Kier molecular flexibility index (Phi) is 16.7. The molecular weight excluding hydrogens is 700 g/mol. The Balaban J connectivity index is 2.07. The number of alkyl carbamates (subject to hydrolysis) is 1. The second-order valence-electron chi connectivity index (χ2n) is 16.2. The van der Waals surface area contributed by atoms with Gasteiger partial charge in [0.05, 0.1) is 0 Å². The van der Waals surface area contributed by atoms with Crippen molar-refractivity contribution in [1.29, 1.82) is 0 Å². The number of benzene rings is 2. The molecule has 302 valence electrons. The van der Waals surface area contributed by atoms with E-state index in [0.717, 1.165) is 11.1 Å². The van der Waals surface area contributed by atoms with Crippen LogP contribution in [0.25, 0.3) is 0 Å². The highest BCUT2D eigenvalue weighted by molar-refractivity contribution is 5.98. The van der Waals surface area contributed by atoms with E-state index < -0.39 is 71.4 Å². The minimum absolute atomic E-state index is 0.00292. The first-order chi connectivity index (χ1) is 25.9. The summed E-state index contributed by atoms with van der Waals surface area (Å²) < 4.78 is 5.32. The van der Waals surface area contributed by atoms with Gasteiger partial charge in [-0.2, -0.15) is 0 Å². The minimum atomic E-state index is -1.10. The summed E-state index contributed by atoms with van der Waals surface area (Å²) in [6.45, 7) is 13.1. The number of hydrogen-bond acceptors (Lipinski definition) is 7. The molecule has 13 heteroatoms. The zero-order valence-corrected chi connectivity index (χ0v) is 34.0. The summed E-state index contributed by atoms with van der Waals surface area (Å²) in [5.41, 5.74) is 0.941. The molecule has 0 bridgehead atoms. The smallest absolute Gasteiger partial charge is 0.407 e. The highest BCUT2D eigenvalue weighted by Crippen LogP contribution is 2.19. The van der Waals surface area contributed by atoms with Gasteiger partial charge >= 0.3 is 6.09 Å². The number of carbonyl (C=O) groups excluding carboxylic acids is 6. The van der Waals surface area contributed by atoms with Crippen LogP contribution in [-0.4, -0.2) is 102 Å². The molecule has 13 nitrogen and oxygen atoms in total. The number of likely N-dealkylation sites (N-methyl/N-ethyl adjacent to an activating group) is 2. The molecule has 1 fully saturated rings. The lowest BCUT2D eigenvalue weighted by molar-refractivity contribution is -0.145. The van der Waals surface area contributed by atoms with E-state index in [4.69, 9.17) is 4.74 Å². The quantitative estimate of drug-likeness (QED) is 0.238. The van der Waals surface area contributed by atoms with Crippen molar-refractivity contribution in [3.8, 4) is 0 Å². The summed E-state index contributed by atoms with van der Waals surface area (Å²) in [6, 6.07) is 13.4. The van der Waals surface area contributed by atoms with Crippen LogP contribution in [0.5, 0.6) is 0 Å². The largest absolute Gasteiger partial charge is 0.444 e. The third-order valence-electron chi connectivity index (χ3n) is 9.55. The van der Waals surface area contributed by atoms with E-state index in [0.29, 0.717) is 19.3 Å². The number of amides is 6. The molecule has 0 spiro atoms. The number of unbranched alkanes of at least 4 members (excludes halogenated alkanes) is 1. The molecule has 55 heavy (non-hydrogen) atoms. The number of nitrogens with zero attached hydrogens (tertiary/aromatic N) is 2. The standard InChI is InChI=1S/C42H62N6O7/c1-27(2)24-33-37(50)44-31(22-16-17-23-43-41(54)55-42(5,6)7)36(49)45-32(25-29-18-12-10-13-19-29)39(52)47(8)34(26-30-20-14-11-15-21-30)38(51)46-35(28(3)4)40(53)48(33)9/h10-15,18-21,27-28,31-35H,16-17,22-26H2,1-9H3,(H,43,54)(H,44,50)(H,45,49)(H,46,51)/t31-,32-,33-,34+,35-/m0/s1. The van der Waals surface area contributed by atoms with Gasteiger partial charge in [-0.1, -0.05) is 88.4 Å². The van der Waals surface area contributed by atoms with Gasteiger partial charge < -0.3 is 35.8 Å². The first-order valence-corrected chi connectivity index (χ1v) is 19.4. The first-order valence-electron chi connectivity index (χ1n) is 19.4. The first kappa shape index (κ1) is 44.5. The fourth-order valence-corrected chi connectivity index (χ4v) is 6.50. The van der Waals surface area contributed by atoms with Crippen molar-refractivity contribution in [2.24, 2.45) is 11.8 Å². The molecule has 3 rings (SSSR count). The Morgan fingerprint density at radius 3 is 1.78 bits per heavy atom. The molecule has 4 N–H and O–H groups in total. The lowest BCUT2D eigenvalue weighted by Crippen LogP contribution is -2.60. The topological polar surface area (TPSA) is 166 Å². The summed E-state index contributed by atoms with van der Waals surface area (Å²) in [4.78, 5) is 86.4. The predicted octanol–water partition coefficient (Wildman–Crippen LogP) is 3.99. The van der Waals surface area contributed by atoms with Crippen LogP contribution in [-0.2, 0) is 41.6 Å². The molecule has 0 unspecified atom stereocenters. The van der Waals surface area contributed by atoms with Crippen LogP contribution in [0.15, 0.2) is 60.7 Å². The minimum Gasteiger partial charge on any atom is -0.444 e. The van der Waals surface area contributed by atoms with Gasteiger partial charge in [-0.15, -0.1) is 0 Å². The van der Waals surface area contributed by atoms with Crippen LogP contribution < -0.4 is 21.3 Å². The van der Waals surface area contributed by atoms with Gasteiger partial charge in [-0.3, -0.25) is 24.0 Å². The number of rotatable bonds is 12. The van der Waals surface area contributed by atoms with Gasteiger partial charge in [0, 0.05) is 33.5 Å². The van der Waals surface area contributed by atoms with E-state index in [1.807, 2.05) is 88.4 Å². The van der Waals surface area contributed by atoms with Gasteiger partial charge in [0.25, 0.3) is 0 Å². The maximum atomic E-state index is 14.5. The van der Waals surface area contributed by atoms with Crippen molar-refractivity contribution >= 4 is 35.6 Å². The maximum absolute atomic E-state index is 14.5. The van der Waals surface area contributed by atoms with Crippen molar-refractivity contribution in [2.45, 2.75) is 123 Å². The number of ether oxygens (including phenoxy) is 1. The Bertz CT molecular complexity index is 1590. The average molecular weight is 763 g/mol. The van der Waals surface area contributed by atoms with Crippen molar-refractivity contribution in [1.82, 2.24) is 31.1 Å². The van der Waals surface area contributed by atoms with Crippen LogP contribution in [0.4, 0.5) is 4.79 Å².